The number of hydrogen-bond donors (Lipinski definition) is 1. The minimum Gasteiger partial charge on any atom is -0.361 e. The molecule has 0 fully saturated rings. The second kappa shape index (κ2) is 6.24. The SMILES string of the molecule is Cc1noc(C)c1-c1cc([N+](=O)[O-])c2[nH]c(=O)n(Cc3ccccc3)c2c1. The molecular weight excluding hydrogens is 348 g/mol. The van der Waals surface area contributed by atoms with Crippen molar-refractivity contribution in [2.24, 2.45) is 0 Å². The Labute approximate surface area is 153 Å². The number of imidazole rings is 1. The van der Waals surface area contributed by atoms with Gasteiger partial charge in [-0.3, -0.25) is 19.7 Å². The van der Waals surface area contributed by atoms with E-state index in [1.165, 1.54) is 10.6 Å². The number of H-pyrrole nitrogens is 1. The maximum atomic E-state index is 12.5. The monoisotopic (exact) mass is 364 g/mol. The molecule has 8 heteroatoms. The summed E-state index contributed by atoms with van der Waals surface area (Å²) >= 11 is 0. The van der Waals surface area contributed by atoms with Crippen LogP contribution >= 0.6 is 0 Å². The van der Waals surface area contributed by atoms with Crippen LogP contribution < -0.4 is 5.69 Å². The topological polar surface area (TPSA) is 107 Å². The highest BCUT2D eigenvalue weighted by atomic mass is 16.6. The van der Waals surface area contributed by atoms with Crippen LogP contribution in [0, 0.1) is 24.0 Å². The number of aryl methyl sites for hydroxylation is 2. The minimum atomic E-state index is -0.493. The highest BCUT2D eigenvalue weighted by Gasteiger charge is 2.22. The average Bonchev–Trinajstić information content (AvgIpc) is 3.14. The molecule has 4 aromatic rings. The molecule has 0 saturated heterocycles. The van der Waals surface area contributed by atoms with Crippen molar-refractivity contribution >= 4 is 16.7 Å². The first-order valence-electron chi connectivity index (χ1n) is 8.34. The predicted molar refractivity (Wildman–Crippen MR) is 99.7 cm³/mol. The van der Waals surface area contributed by atoms with Gasteiger partial charge in [-0.2, -0.15) is 0 Å². The zero-order valence-electron chi connectivity index (χ0n) is 14.7. The second-order valence-electron chi connectivity index (χ2n) is 6.35. The summed E-state index contributed by atoms with van der Waals surface area (Å²) in [5, 5.41) is 15.5. The molecule has 0 aliphatic carbocycles. The average molecular weight is 364 g/mol. The molecule has 0 aliphatic rings. The van der Waals surface area contributed by atoms with E-state index in [-0.39, 0.29) is 11.2 Å². The number of hydrogen-bond acceptors (Lipinski definition) is 5. The smallest absolute Gasteiger partial charge is 0.326 e. The van der Waals surface area contributed by atoms with E-state index in [9.17, 15) is 14.9 Å². The summed E-state index contributed by atoms with van der Waals surface area (Å²) < 4.78 is 6.70. The number of nitro benzene ring substituents is 1. The number of rotatable bonds is 4. The Hall–Kier alpha value is -3.68. The molecule has 0 unspecified atom stereocenters. The molecule has 2 aromatic heterocycles. The van der Waals surface area contributed by atoms with Crippen LogP contribution in [0.5, 0.6) is 0 Å². The van der Waals surface area contributed by atoms with E-state index in [1.54, 1.807) is 19.9 Å². The lowest BCUT2D eigenvalue weighted by atomic mass is 10.0. The van der Waals surface area contributed by atoms with Gasteiger partial charge in [0.25, 0.3) is 5.69 Å². The van der Waals surface area contributed by atoms with Gasteiger partial charge in [0.15, 0.2) is 0 Å². The third-order valence-corrected chi connectivity index (χ3v) is 4.57. The summed E-state index contributed by atoms with van der Waals surface area (Å²) in [6, 6.07) is 12.7. The molecule has 2 aromatic carbocycles. The van der Waals surface area contributed by atoms with Gasteiger partial charge in [0.1, 0.15) is 11.3 Å². The fourth-order valence-corrected chi connectivity index (χ4v) is 3.34. The van der Waals surface area contributed by atoms with E-state index < -0.39 is 10.6 Å². The van der Waals surface area contributed by atoms with Crippen molar-refractivity contribution in [3.05, 3.63) is 80.1 Å². The standard InChI is InChI=1S/C19H16N4O4/c1-11-17(12(2)27-21-11)14-8-15-18(16(9-14)23(25)26)20-19(24)22(15)10-13-6-4-3-5-7-13/h3-9H,10H2,1-2H3,(H,20,24). The number of benzene rings is 2. The summed E-state index contributed by atoms with van der Waals surface area (Å²) in [7, 11) is 0. The van der Waals surface area contributed by atoms with Crippen LogP contribution in [0.3, 0.4) is 0 Å². The Kier molecular flexibility index (Phi) is 3.88. The summed E-state index contributed by atoms with van der Waals surface area (Å²) in [6.45, 7) is 3.83. The van der Waals surface area contributed by atoms with E-state index in [4.69, 9.17) is 4.52 Å². The summed E-state index contributed by atoms with van der Waals surface area (Å²) in [4.78, 5) is 26.3. The van der Waals surface area contributed by atoms with Crippen LogP contribution in [0.2, 0.25) is 0 Å². The van der Waals surface area contributed by atoms with Gasteiger partial charge in [0.05, 0.1) is 22.7 Å². The molecule has 136 valence electrons. The van der Waals surface area contributed by atoms with Gasteiger partial charge in [-0.05, 0) is 31.0 Å². The maximum absolute atomic E-state index is 12.5. The van der Waals surface area contributed by atoms with Crippen molar-refractivity contribution in [2.45, 2.75) is 20.4 Å². The van der Waals surface area contributed by atoms with Crippen LogP contribution in [-0.4, -0.2) is 19.6 Å². The van der Waals surface area contributed by atoms with Crippen molar-refractivity contribution < 1.29 is 9.45 Å². The molecule has 0 atom stereocenters. The van der Waals surface area contributed by atoms with Crippen LogP contribution in [0.15, 0.2) is 51.8 Å². The molecular formula is C19H16N4O4. The minimum absolute atomic E-state index is 0.161. The molecule has 27 heavy (non-hydrogen) atoms. The van der Waals surface area contributed by atoms with Crippen LogP contribution in [0.25, 0.3) is 22.2 Å². The van der Waals surface area contributed by atoms with Crippen molar-refractivity contribution in [3.8, 4) is 11.1 Å². The van der Waals surface area contributed by atoms with Crippen LogP contribution in [0.4, 0.5) is 5.69 Å². The highest BCUT2D eigenvalue weighted by Crippen LogP contribution is 2.34. The summed E-state index contributed by atoms with van der Waals surface area (Å²) in [5.74, 6) is 0.564. The molecule has 4 rings (SSSR count). The second-order valence-corrected chi connectivity index (χ2v) is 6.35. The maximum Gasteiger partial charge on any atom is 0.326 e. The molecule has 0 amide bonds. The van der Waals surface area contributed by atoms with Gasteiger partial charge in [0, 0.05) is 11.6 Å². The fourth-order valence-electron chi connectivity index (χ4n) is 3.34. The summed E-state index contributed by atoms with van der Waals surface area (Å²) in [5.41, 5.74) is 2.95. The van der Waals surface area contributed by atoms with E-state index in [0.717, 1.165) is 5.56 Å². The lowest BCUT2D eigenvalue weighted by Gasteiger charge is -2.06. The molecule has 0 radical (unpaired) electrons. The van der Waals surface area contributed by atoms with E-state index in [2.05, 4.69) is 10.1 Å². The molecule has 0 bridgehead atoms. The predicted octanol–water partition coefficient (Wildman–Crippen LogP) is 3.56. The van der Waals surface area contributed by atoms with Gasteiger partial charge in [-0.15, -0.1) is 0 Å². The van der Waals surface area contributed by atoms with Crippen molar-refractivity contribution in [1.82, 2.24) is 14.7 Å². The Morgan fingerprint density at radius 3 is 2.59 bits per heavy atom. The van der Waals surface area contributed by atoms with Crippen molar-refractivity contribution in [1.29, 1.82) is 0 Å². The molecule has 8 nitrogen and oxygen atoms in total. The Morgan fingerprint density at radius 2 is 1.96 bits per heavy atom. The first-order valence-corrected chi connectivity index (χ1v) is 8.34. The quantitative estimate of drug-likeness (QED) is 0.440. The Bertz CT molecular complexity index is 1200. The number of nitro groups is 1. The van der Waals surface area contributed by atoms with E-state index in [1.807, 2.05) is 30.3 Å². The third kappa shape index (κ3) is 2.80. The van der Waals surface area contributed by atoms with Gasteiger partial charge in [-0.25, -0.2) is 4.79 Å². The van der Waals surface area contributed by atoms with Crippen molar-refractivity contribution in [3.63, 3.8) is 0 Å². The first-order chi connectivity index (χ1) is 13.0. The van der Waals surface area contributed by atoms with Gasteiger partial charge < -0.3 is 4.52 Å². The number of nitrogens with one attached hydrogen (secondary N) is 1. The molecule has 0 spiro atoms. The first kappa shape index (κ1) is 16.8. The Balaban J connectivity index is 1.99. The van der Waals surface area contributed by atoms with Crippen LogP contribution in [0.1, 0.15) is 17.0 Å². The molecule has 0 saturated carbocycles. The largest absolute Gasteiger partial charge is 0.361 e. The van der Waals surface area contributed by atoms with Crippen LogP contribution in [-0.2, 0) is 6.54 Å². The number of aromatic nitrogens is 3. The number of non-ortho nitro benzene ring substituents is 1. The number of fused-ring (bicyclic) bond motifs is 1. The van der Waals surface area contributed by atoms with Gasteiger partial charge >= 0.3 is 5.69 Å². The normalized spacial score (nSPS) is 11.2. The molecule has 0 aliphatic heterocycles. The zero-order chi connectivity index (χ0) is 19.1. The van der Waals surface area contributed by atoms with Gasteiger partial charge in [-0.1, -0.05) is 35.5 Å². The Morgan fingerprint density at radius 1 is 1.22 bits per heavy atom. The molecule has 1 N–H and O–H groups in total. The number of aromatic amines is 1. The highest BCUT2D eigenvalue weighted by molar-refractivity contribution is 5.91. The number of nitrogens with zero attached hydrogens (tertiary/aromatic N) is 3. The van der Waals surface area contributed by atoms with Crippen molar-refractivity contribution in [2.75, 3.05) is 0 Å². The van der Waals surface area contributed by atoms with E-state index in [0.29, 0.717) is 34.6 Å². The summed E-state index contributed by atoms with van der Waals surface area (Å²) in [6.07, 6.45) is 0. The lowest BCUT2D eigenvalue weighted by molar-refractivity contribution is -0.383. The van der Waals surface area contributed by atoms with Gasteiger partial charge in [0.2, 0.25) is 0 Å². The zero-order valence-corrected chi connectivity index (χ0v) is 14.7. The lowest BCUT2D eigenvalue weighted by Crippen LogP contribution is -2.17. The third-order valence-electron chi connectivity index (χ3n) is 4.57. The van der Waals surface area contributed by atoms with E-state index >= 15 is 0 Å². The fraction of sp³-hybridized carbons (Fsp3) is 0.158. The molecule has 2 heterocycles.